The topological polar surface area (TPSA) is 73.6 Å². The molecule has 2 heterocycles. The summed E-state index contributed by atoms with van der Waals surface area (Å²) in [6, 6.07) is 9.27. The summed E-state index contributed by atoms with van der Waals surface area (Å²) in [4.78, 5) is 14.3. The number of nitriles is 1. The van der Waals surface area contributed by atoms with Gasteiger partial charge < -0.3 is 14.7 Å². The third-order valence-electron chi connectivity index (χ3n) is 4.92. The van der Waals surface area contributed by atoms with Crippen molar-refractivity contribution in [1.29, 1.82) is 5.26 Å². The van der Waals surface area contributed by atoms with E-state index in [1.54, 1.807) is 17.0 Å². The van der Waals surface area contributed by atoms with E-state index in [0.29, 0.717) is 24.0 Å². The Morgan fingerprint density at radius 2 is 1.88 bits per heavy atom. The summed E-state index contributed by atoms with van der Waals surface area (Å²) in [7, 11) is 0. The Kier molecular flexibility index (Phi) is 4.05. The Bertz CT molecular complexity index is 673. The Balaban J connectivity index is 1.85. The highest BCUT2D eigenvalue weighted by atomic mass is 16.6. The van der Waals surface area contributed by atoms with Gasteiger partial charge in [0.15, 0.2) is 0 Å². The monoisotopic (exact) mass is 328 g/mol. The van der Waals surface area contributed by atoms with E-state index in [2.05, 4.69) is 6.07 Å². The molecule has 1 N–H and O–H groups in total. The van der Waals surface area contributed by atoms with E-state index in [1.807, 2.05) is 32.9 Å². The van der Waals surface area contributed by atoms with Gasteiger partial charge in [0.2, 0.25) is 0 Å². The maximum absolute atomic E-state index is 12.5. The van der Waals surface area contributed by atoms with E-state index in [4.69, 9.17) is 4.74 Å². The van der Waals surface area contributed by atoms with Crippen LogP contribution in [0.3, 0.4) is 0 Å². The van der Waals surface area contributed by atoms with E-state index in [-0.39, 0.29) is 18.2 Å². The number of amides is 1. The predicted octanol–water partition coefficient (Wildman–Crippen LogP) is 3.31. The predicted molar refractivity (Wildman–Crippen MR) is 89.2 cm³/mol. The molecule has 1 aromatic carbocycles. The number of hydrogen-bond donors (Lipinski definition) is 1. The molecule has 2 bridgehead atoms. The molecule has 2 fully saturated rings. The van der Waals surface area contributed by atoms with Crippen LogP contribution in [0, 0.1) is 11.3 Å². The SMILES string of the molecule is CC(C)(C)OC(=O)N1C2CCC1CC(O)(c1ccccc1C#N)C2. The normalized spacial score (nSPS) is 29.2. The summed E-state index contributed by atoms with van der Waals surface area (Å²) < 4.78 is 5.53. The Labute approximate surface area is 142 Å². The van der Waals surface area contributed by atoms with Crippen molar-refractivity contribution >= 4 is 6.09 Å². The molecule has 5 nitrogen and oxygen atoms in total. The highest BCUT2D eigenvalue weighted by molar-refractivity contribution is 5.70. The number of carbonyl (C=O) groups excluding carboxylic acids is 1. The van der Waals surface area contributed by atoms with Gasteiger partial charge in [0, 0.05) is 30.5 Å². The number of rotatable bonds is 1. The molecule has 2 unspecified atom stereocenters. The molecule has 2 aliphatic heterocycles. The molecule has 2 saturated heterocycles. The van der Waals surface area contributed by atoms with Crippen LogP contribution < -0.4 is 0 Å². The van der Waals surface area contributed by atoms with E-state index in [1.165, 1.54) is 0 Å². The van der Waals surface area contributed by atoms with Crippen molar-refractivity contribution in [2.75, 3.05) is 0 Å². The van der Waals surface area contributed by atoms with E-state index in [9.17, 15) is 15.2 Å². The van der Waals surface area contributed by atoms with Crippen LogP contribution in [-0.2, 0) is 10.3 Å². The molecule has 0 aromatic heterocycles. The van der Waals surface area contributed by atoms with Crippen molar-refractivity contribution in [3.8, 4) is 6.07 Å². The Morgan fingerprint density at radius 1 is 1.29 bits per heavy atom. The second kappa shape index (κ2) is 5.78. The maximum atomic E-state index is 12.5. The average molecular weight is 328 g/mol. The molecular weight excluding hydrogens is 304 g/mol. The lowest BCUT2D eigenvalue weighted by molar-refractivity contribution is -0.0625. The average Bonchev–Trinajstić information content (AvgIpc) is 2.78. The van der Waals surface area contributed by atoms with Gasteiger partial charge in [-0.2, -0.15) is 5.26 Å². The van der Waals surface area contributed by atoms with Gasteiger partial charge in [-0.1, -0.05) is 18.2 Å². The van der Waals surface area contributed by atoms with Gasteiger partial charge in [-0.3, -0.25) is 0 Å². The van der Waals surface area contributed by atoms with Crippen LogP contribution in [0.2, 0.25) is 0 Å². The number of ether oxygens (including phenoxy) is 1. The summed E-state index contributed by atoms with van der Waals surface area (Å²) >= 11 is 0. The third kappa shape index (κ3) is 2.99. The lowest BCUT2D eigenvalue weighted by Gasteiger charge is -2.44. The second-order valence-electron chi connectivity index (χ2n) is 7.87. The van der Waals surface area contributed by atoms with E-state index < -0.39 is 11.2 Å². The highest BCUT2D eigenvalue weighted by Crippen LogP contribution is 2.46. The molecule has 1 aromatic rings. The van der Waals surface area contributed by atoms with Gasteiger partial charge in [-0.05, 0) is 39.7 Å². The zero-order valence-corrected chi connectivity index (χ0v) is 14.5. The Hall–Kier alpha value is -2.06. The van der Waals surface area contributed by atoms with Crippen molar-refractivity contribution in [2.24, 2.45) is 0 Å². The summed E-state index contributed by atoms with van der Waals surface area (Å²) in [6.45, 7) is 5.57. The maximum Gasteiger partial charge on any atom is 0.410 e. The van der Waals surface area contributed by atoms with Crippen molar-refractivity contribution in [3.05, 3.63) is 35.4 Å². The number of fused-ring (bicyclic) bond motifs is 2. The largest absolute Gasteiger partial charge is 0.444 e. The highest BCUT2D eigenvalue weighted by Gasteiger charge is 2.51. The van der Waals surface area contributed by atoms with Gasteiger partial charge in [0.25, 0.3) is 0 Å². The minimum atomic E-state index is -1.06. The van der Waals surface area contributed by atoms with Crippen LogP contribution in [0.1, 0.15) is 57.6 Å². The van der Waals surface area contributed by atoms with Crippen molar-refractivity contribution in [3.63, 3.8) is 0 Å². The lowest BCUT2D eigenvalue weighted by atomic mass is 9.79. The van der Waals surface area contributed by atoms with Gasteiger partial charge >= 0.3 is 6.09 Å². The molecule has 2 atom stereocenters. The van der Waals surface area contributed by atoms with Gasteiger partial charge in [0.05, 0.1) is 17.2 Å². The van der Waals surface area contributed by atoms with Gasteiger partial charge in [0.1, 0.15) is 5.60 Å². The van der Waals surface area contributed by atoms with Crippen molar-refractivity contribution in [1.82, 2.24) is 4.90 Å². The molecular formula is C19H24N2O3. The molecule has 0 radical (unpaired) electrons. The summed E-state index contributed by atoms with van der Waals surface area (Å²) in [6.07, 6.45) is 2.32. The molecule has 1 amide bonds. The molecule has 0 saturated carbocycles. The second-order valence-corrected chi connectivity index (χ2v) is 7.87. The fourth-order valence-electron chi connectivity index (χ4n) is 4.04. The van der Waals surface area contributed by atoms with E-state index >= 15 is 0 Å². The quantitative estimate of drug-likeness (QED) is 0.858. The molecule has 0 spiro atoms. The first-order chi connectivity index (χ1) is 11.2. The number of carbonyl (C=O) groups is 1. The molecule has 5 heteroatoms. The third-order valence-corrected chi connectivity index (χ3v) is 4.92. The molecule has 2 aliphatic rings. The number of benzene rings is 1. The fraction of sp³-hybridized carbons (Fsp3) is 0.579. The number of nitrogens with zero attached hydrogens (tertiary/aromatic N) is 2. The van der Waals surface area contributed by atoms with E-state index in [0.717, 1.165) is 12.8 Å². The van der Waals surface area contributed by atoms with Crippen LogP contribution in [0.4, 0.5) is 4.79 Å². The summed E-state index contributed by atoms with van der Waals surface area (Å²) in [5.41, 5.74) is -0.410. The fourth-order valence-corrected chi connectivity index (χ4v) is 4.04. The minimum absolute atomic E-state index is 0.0460. The first-order valence-electron chi connectivity index (χ1n) is 8.47. The van der Waals surface area contributed by atoms with Gasteiger partial charge in [-0.25, -0.2) is 4.79 Å². The summed E-state index contributed by atoms with van der Waals surface area (Å²) in [5.74, 6) is 0. The number of aliphatic hydroxyl groups is 1. The summed E-state index contributed by atoms with van der Waals surface area (Å²) in [5, 5.41) is 20.6. The smallest absolute Gasteiger partial charge is 0.410 e. The Morgan fingerprint density at radius 3 is 2.42 bits per heavy atom. The van der Waals surface area contributed by atoms with Crippen LogP contribution in [-0.4, -0.2) is 33.8 Å². The van der Waals surface area contributed by atoms with Crippen LogP contribution in [0.5, 0.6) is 0 Å². The number of hydrogen-bond acceptors (Lipinski definition) is 4. The lowest BCUT2D eigenvalue weighted by Crippen LogP contribution is -2.53. The first-order valence-corrected chi connectivity index (χ1v) is 8.47. The van der Waals surface area contributed by atoms with Crippen LogP contribution in [0.15, 0.2) is 24.3 Å². The molecule has 3 rings (SSSR count). The van der Waals surface area contributed by atoms with Crippen LogP contribution >= 0.6 is 0 Å². The standard InChI is InChI=1S/C19H24N2O3/c1-18(2,3)24-17(22)21-14-8-9-15(21)11-19(23,10-14)16-7-5-4-6-13(16)12-20/h4-7,14-15,23H,8-11H2,1-3H3. The zero-order chi connectivity index (χ0) is 17.5. The number of piperidine rings is 1. The minimum Gasteiger partial charge on any atom is -0.444 e. The first kappa shape index (κ1) is 16.8. The molecule has 24 heavy (non-hydrogen) atoms. The van der Waals surface area contributed by atoms with Crippen LogP contribution in [0.25, 0.3) is 0 Å². The van der Waals surface area contributed by atoms with Crippen molar-refractivity contribution < 1.29 is 14.6 Å². The zero-order valence-electron chi connectivity index (χ0n) is 14.5. The van der Waals surface area contributed by atoms with Crippen molar-refractivity contribution in [2.45, 2.75) is 69.7 Å². The molecule has 0 aliphatic carbocycles. The van der Waals surface area contributed by atoms with Gasteiger partial charge in [-0.15, -0.1) is 0 Å². The molecule has 128 valence electrons.